The predicted molar refractivity (Wildman–Crippen MR) is 79.0 cm³/mol. The molecule has 100 valence electrons. The van der Waals surface area contributed by atoms with E-state index in [0.717, 1.165) is 5.56 Å². The van der Waals surface area contributed by atoms with Crippen LogP contribution in [-0.4, -0.2) is 20.2 Å². The van der Waals surface area contributed by atoms with Crippen molar-refractivity contribution in [3.8, 4) is 17.1 Å². The van der Waals surface area contributed by atoms with Crippen molar-refractivity contribution in [2.24, 2.45) is 0 Å². The Morgan fingerprint density at radius 1 is 1.00 bits per heavy atom. The lowest BCUT2D eigenvalue weighted by molar-refractivity contribution is 0.720. The summed E-state index contributed by atoms with van der Waals surface area (Å²) in [4.78, 5) is 1.30. The topological polar surface area (TPSA) is 69.6 Å². The van der Waals surface area contributed by atoms with E-state index in [0.29, 0.717) is 27.2 Å². The van der Waals surface area contributed by atoms with Crippen LogP contribution in [0, 0.1) is 0 Å². The Hall–Kier alpha value is -2.11. The quantitative estimate of drug-likeness (QED) is 0.738. The Bertz CT molecular complexity index is 731. The summed E-state index contributed by atoms with van der Waals surface area (Å²) in [6.45, 7) is 0. The first-order valence-electron chi connectivity index (χ1n) is 5.75. The number of halogens is 2. The van der Waals surface area contributed by atoms with Crippen molar-refractivity contribution >= 4 is 28.9 Å². The van der Waals surface area contributed by atoms with E-state index in [9.17, 15) is 0 Å². The second-order valence-corrected chi connectivity index (χ2v) is 4.92. The Labute approximate surface area is 124 Å². The van der Waals surface area contributed by atoms with Gasteiger partial charge in [0.25, 0.3) is 0 Å². The molecule has 2 N–H and O–H groups in total. The standard InChI is InChI=1S/C13H9Cl2N5/c14-10-6-9(16)7-11(15)12(10)20-18-13(17-19-20)8-4-2-1-3-5-8/h1-7H,16H2. The number of aromatic nitrogens is 4. The summed E-state index contributed by atoms with van der Waals surface area (Å²) >= 11 is 12.3. The van der Waals surface area contributed by atoms with Crippen molar-refractivity contribution in [3.05, 3.63) is 52.5 Å². The lowest BCUT2D eigenvalue weighted by Crippen LogP contribution is -2.02. The lowest BCUT2D eigenvalue weighted by atomic mass is 10.2. The molecule has 20 heavy (non-hydrogen) atoms. The second-order valence-electron chi connectivity index (χ2n) is 4.10. The minimum atomic E-state index is 0.368. The molecule has 0 unspecified atom stereocenters. The third-order valence-electron chi connectivity index (χ3n) is 2.68. The molecule has 0 fully saturated rings. The van der Waals surface area contributed by atoms with Gasteiger partial charge in [0.15, 0.2) is 0 Å². The van der Waals surface area contributed by atoms with Crippen LogP contribution in [0.2, 0.25) is 10.0 Å². The Morgan fingerprint density at radius 2 is 1.65 bits per heavy atom. The van der Waals surface area contributed by atoms with Crippen molar-refractivity contribution in [1.82, 2.24) is 20.2 Å². The van der Waals surface area contributed by atoms with E-state index < -0.39 is 0 Å². The first kappa shape index (κ1) is 12.9. The molecular formula is C13H9Cl2N5. The molecule has 3 rings (SSSR count). The predicted octanol–water partition coefficient (Wildman–Crippen LogP) is 3.22. The molecule has 3 aromatic rings. The molecule has 5 nitrogen and oxygen atoms in total. The highest BCUT2D eigenvalue weighted by Gasteiger charge is 2.14. The highest BCUT2D eigenvalue weighted by Crippen LogP contribution is 2.30. The van der Waals surface area contributed by atoms with Crippen LogP contribution < -0.4 is 5.73 Å². The van der Waals surface area contributed by atoms with Crippen LogP contribution in [0.3, 0.4) is 0 Å². The molecule has 2 aromatic carbocycles. The summed E-state index contributed by atoms with van der Waals surface area (Å²) in [5.41, 5.74) is 7.47. The van der Waals surface area contributed by atoms with Gasteiger partial charge in [0.1, 0.15) is 5.69 Å². The molecular weight excluding hydrogens is 297 g/mol. The van der Waals surface area contributed by atoms with Gasteiger partial charge in [-0.1, -0.05) is 53.5 Å². The molecule has 0 spiro atoms. The summed E-state index contributed by atoms with van der Waals surface area (Å²) in [5, 5.41) is 13.0. The Morgan fingerprint density at radius 3 is 2.30 bits per heavy atom. The van der Waals surface area contributed by atoms with Gasteiger partial charge in [0, 0.05) is 11.3 Å². The molecule has 1 aromatic heterocycles. The third-order valence-corrected chi connectivity index (χ3v) is 3.26. The van der Waals surface area contributed by atoms with Gasteiger partial charge in [-0.15, -0.1) is 15.0 Å². The molecule has 0 aliphatic rings. The Balaban J connectivity index is 2.07. The molecule has 7 heteroatoms. The van der Waals surface area contributed by atoms with Crippen LogP contribution in [0.25, 0.3) is 17.1 Å². The largest absolute Gasteiger partial charge is 0.399 e. The summed E-state index contributed by atoms with van der Waals surface area (Å²) in [7, 11) is 0. The minimum Gasteiger partial charge on any atom is -0.399 e. The first-order chi connectivity index (χ1) is 9.65. The molecule has 0 saturated carbocycles. The van der Waals surface area contributed by atoms with E-state index in [1.807, 2.05) is 30.3 Å². The van der Waals surface area contributed by atoms with Gasteiger partial charge in [-0.25, -0.2) is 0 Å². The number of hydrogen-bond acceptors (Lipinski definition) is 4. The average Bonchev–Trinajstić information content (AvgIpc) is 2.88. The van der Waals surface area contributed by atoms with Gasteiger partial charge in [-0.2, -0.15) is 0 Å². The fraction of sp³-hybridized carbons (Fsp3) is 0. The smallest absolute Gasteiger partial charge is 0.205 e. The van der Waals surface area contributed by atoms with Crippen LogP contribution in [0.1, 0.15) is 0 Å². The van der Waals surface area contributed by atoms with Crippen molar-refractivity contribution < 1.29 is 0 Å². The molecule has 0 saturated heterocycles. The number of rotatable bonds is 2. The number of benzene rings is 2. The maximum absolute atomic E-state index is 6.13. The summed E-state index contributed by atoms with van der Waals surface area (Å²) in [6, 6.07) is 12.7. The zero-order valence-electron chi connectivity index (χ0n) is 10.2. The van der Waals surface area contributed by atoms with Gasteiger partial charge in [-0.3, -0.25) is 0 Å². The monoisotopic (exact) mass is 305 g/mol. The van der Waals surface area contributed by atoms with Crippen LogP contribution in [-0.2, 0) is 0 Å². The van der Waals surface area contributed by atoms with Crippen LogP contribution in [0.4, 0.5) is 5.69 Å². The van der Waals surface area contributed by atoms with Gasteiger partial charge in [-0.05, 0) is 17.3 Å². The third kappa shape index (κ3) is 2.33. The van der Waals surface area contributed by atoms with Gasteiger partial charge >= 0.3 is 0 Å². The van der Waals surface area contributed by atoms with Crippen molar-refractivity contribution in [1.29, 1.82) is 0 Å². The van der Waals surface area contributed by atoms with E-state index in [-0.39, 0.29) is 0 Å². The highest BCUT2D eigenvalue weighted by molar-refractivity contribution is 6.38. The van der Waals surface area contributed by atoms with Gasteiger partial charge < -0.3 is 5.73 Å². The van der Waals surface area contributed by atoms with Crippen molar-refractivity contribution in [3.63, 3.8) is 0 Å². The lowest BCUT2D eigenvalue weighted by Gasteiger charge is -2.05. The SMILES string of the molecule is Nc1cc(Cl)c(-n2nnc(-c3ccccc3)n2)c(Cl)c1. The van der Waals surface area contributed by atoms with Gasteiger partial charge in [0.05, 0.1) is 10.0 Å². The zero-order valence-corrected chi connectivity index (χ0v) is 11.7. The molecule has 1 heterocycles. The molecule has 0 radical (unpaired) electrons. The van der Waals surface area contributed by atoms with E-state index >= 15 is 0 Å². The number of hydrogen-bond donors (Lipinski definition) is 1. The summed E-state index contributed by atoms with van der Waals surface area (Å²) in [5.74, 6) is 0.495. The van der Waals surface area contributed by atoms with E-state index in [4.69, 9.17) is 28.9 Å². The second kappa shape index (κ2) is 5.11. The number of nitrogens with two attached hydrogens (primary N) is 1. The molecule has 0 aliphatic heterocycles. The van der Waals surface area contributed by atoms with Crippen molar-refractivity contribution in [2.75, 3.05) is 5.73 Å². The van der Waals surface area contributed by atoms with E-state index in [2.05, 4.69) is 15.4 Å². The number of tetrazole rings is 1. The van der Waals surface area contributed by atoms with E-state index in [1.54, 1.807) is 12.1 Å². The molecule has 0 bridgehead atoms. The number of anilines is 1. The molecule has 0 aliphatic carbocycles. The normalized spacial score (nSPS) is 10.7. The van der Waals surface area contributed by atoms with Crippen LogP contribution in [0.5, 0.6) is 0 Å². The molecule has 0 amide bonds. The summed E-state index contributed by atoms with van der Waals surface area (Å²) < 4.78 is 0. The molecule has 0 atom stereocenters. The maximum Gasteiger partial charge on any atom is 0.205 e. The zero-order chi connectivity index (χ0) is 14.1. The highest BCUT2D eigenvalue weighted by atomic mass is 35.5. The van der Waals surface area contributed by atoms with Crippen LogP contribution >= 0.6 is 23.2 Å². The summed E-state index contributed by atoms with van der Waals surface area (Å²) in [6.07, 6.45) is 0. The first-order valence-corrected chi connectivity index (χ1v) is 6.51. The van der Waals surface area contributed by atoms with E-state index in [1.165, 1.54) is 4.80 Å². The van der Waals surface area contributed by atoms with Gasteiger partial charge in [0.2, 0.25) is 5.82 Å². The fourth-order valence-electron chi connectivity index (χ4n) is 1.79. The van der Waals surface area contributed by atoms with Crippen LogP contribution in [0.15, 0.2) is 42.5 Å². The maximum atomic E-state index is 6.13. The average molecular weight is 306 g/mol. The minimum absolute atomic E-state index is 0.368. The number of nitrogens with zero attached hydrogens (tertiary/aromatic N) is 4. The van der Waals surface area contributed by atoms with Crippen molar-refractivity contribution in [2.45, 2.75) is 0 Å². The number of nitrogen functional groups attached to an aromatic ring is 1. The Kier molecular flexibility index (Phi) is 3.30. The fourth-order valence-corrected chi connectivity index (χ4v) is 2.44.